The van der Waals surface area contributed by atoms with E-state index in [2.05, 4.69) is 5.32 Å². The molecule has 25 heavy (non-hydrogen) atoms. The SMILES string of the molecule is CC(Oc1ccc(Cl)cc1)C(=O)NCC1CCN(C(=O)CC#N)CC1. The molecule has 0 aliphatic carbocycles. The zero-order valence-electron chi connectivity index (χ0n) is 14.2. The number of hydrogen-bond donors (Lipinski definition) is 1. The largest absolute Gasteiger partial charge is 0.481 e. The molecule has 2 amide bonds. The monoisotopic (exact) mass is 363 g/mol. The van der Waals surface area contributed by atoms with Crippen LogP contribution >= 0.6 is 11.6 Å². The number of piperidine rings is 1. The molecule has 2 rings (SSSR count). The Morgan fingerprint density at radius 1 is 1.36 bits per heavy atom. The number of nitrogens with zero attached hydrogens (tertiary/aromatic N) is 2. The van der Waals surface area contributed by atoms with Crippen molar-refractivity contribution in [1.82, 2.24) is 10.2 Å². The summed E-state index contributed by atoms with van der Waals surface area (Å²) in [5.41, 5.74) is 0. The minimum Gasteiger partial charge on any atom is -0.481 e. The summed E-state index contributed by atoms with van der Waals surface area (Å²) in [6, 6.07) is 8.75. The maximum atomic E-state index is 12.2. The van der Waals surface area contributed by atoms with Gasteiger partial charge in [0.25, 0.3) is 5.91 Å². The molecule has 1 aliphatic rings. The fraction of sp³-hybridized carbons (Fsp3) is 0.500. The summed E-state index contributed by atoms with van der Waals surface area (Å²) in [4.78, 5) is 25.5. The average molecular weight is 364 g/mol. The van der Waals surface area contributed by atoms with E-state index in [1.165, 1.54) is 0 Å². The Morgan fingerprint density at radius 2 is 2.00 bits per heavy atom. The first-order valence-corrected chi connectivity index (χ1v) is 8.72. The Balaban J connectivity index is 1.70. The zero-order chi connectivity index (χ0) is 18.2. The summed E-state index contributed by atoms with van der Waals surface area (Å²) >= 11 is 5.82. The lowest BCUT2D eigenvalue weighted by Gasteiger charge is -2.31. The van der Waals surface area contributed by atoms with Crippen molar-refractivity contribution in [2.45, 2.75) is 32.3 Å². The molecule has 134 valence electrons. The van der Waals surface area contributed by atoms with Gasteiger partial charge in [-0.1, -0.05) is 11.6 Å². The molecule has 0 bridgehead atoms. The Hall–Kier alpha value is -2.26. The van der Waals surface area contributed by atoms with E-state index in [9.17, 15) is 9.59 Å². The molecule has 1 aromatic carbocycles. The van der Waals surface area contributed by atoms with Crippen molar-refractivity contribution in [3.05, 3.63) is 29.3 Å². The molecule has 0 aromatic heterocycles. The lowest BCUT2D eigenvalue weighted by Crippen LogP contribution is -2.43. The summed E-state index contributed by atoms with van der Waals surface area (Å²) in [5.74, 6) is 0.641. The number of nitrogens with one attached hydrogen (secondary N) is 1. The highest BCUT2D eigenvalue weighted by Crippen LogP contribution is 2.18. The van der Waals surface area contributed by atoms with E-state index < -0.39 is 6.10 Å². The molecule has 0 saturated carbocycles. The third-order valence-corrected chi connectivity index (χ3v) is 4.51. The summed E-state index contributed by atoms with van der Waals surface area (Å²) in [5, 5.41) is 12.1. The lowest BCUT2D eigenvalue weighted by atomic mass is 9.96. The minimum absolute atomic E-state index is 0.0685. The molecule has 1 heterocycles. The normalized spacial score (nSPS) is 16.0. The summed E-state index contributed by atoms with van der Waals surface area (Å²) in [6.07, 6.45) is 0.979. The maximum Gasteiger partial charge on any atom is 0.260 e. The Morgan fingerprint density at radius 3 is 2.60 bits per heavy atom. The number of carbonyl (C=O) groups excluding carboxylic acids is 2. The molecule has 0 radical (unpaired) electrons. The number of nitriles is 1. The van der Waals surface area contributed by atoms with Gasteiger partial charge in [-0.05, 0) is 49.9 Å². The summed E-state index contributed by atoms with van der Waals surface area (Å²) in [7, 11) is 0. The number of amides is 2. The Labute approximate surface area is 152 Å². The van der Waals surface area contributed by atoms with Crippen LogP contribution in [-0.2, 0) is 9.59 Å². The number of carbonyl (C=O) groups is 2. The molecule has 1 aromatic rings. The van der Waals surface area contributed by atoms with E-state index in [4.69, 9.17) is 21.6 Å². The summed E-state index contributed by atoms with van der Waals surface area (Å²) in [6.45, 7) is 3.54. The van der Waals surface area contributed by atoms with E-state index in [1.807, 2.05) is 6.07 Å². The van der Waals surface area contributed by atoms with Crippen LogP contribution < -0.4 is 10.1 Å². The highest BCUT2D eigenvalue weighted by atomic mass is 35.5. The molecule has 1 fully saturated rings. The van der Waals surface area contributed by atoms with Gasteiger partial charge >= 0.3 is 0 Å². The van der Waals surface area contributed by atoms with Crippen LogP contribution in [0.3, 0.4) is 0 Å². The molecule has 1 N–H and O–H groups in total. The van der Waals surface area contributed by atoms with Crippen LogP contribution in [0.4, 0.5) is 0 Å². The van der Waals surface area contributed by atoms with Crippen LogP contribution in [0.5, 0.6) is 5.75 Å². The fourth-order valence-corrected chi connectivity index (χ4v) is 2.85. The number of halogens is 1. The Bertz CT molecular complexity index is 634. The minimum atomic E-state index is -0.599. The van der Waals surface area contributed by atoms with Crippen molar-refractivity contribution in [3.63, 3.8) is 0 Å². The van der Waals surface area contributed by atoms with E-state index in [0.717, 1.165) is 12.8 Å². The van der Waals surface area contributed by atoms with Crippen molar-refractivity contribution in [3.8, 4) is 11.8 Å². The van der Waals surface area contributed by atoms with Gasteiger partial charge in [0, 0.05) is 24.7 Å². The van der Waals surface area contributed by atoms with Gasteiger partial charge in [0.2, 0.25) is 5.91 Å². The van der Waals surface area contributed by atoms with Gasteiger partial charge in [0.1, 0.15) is 12.2 Å². The van der Waals surface area contributed by atoms with Crippen LogP contribution in [0.1, 0.15) is 26.2 Å². The predicted octanol–water partition coefficient (Wildman–Crippen LogP) is 2.38. The molecule has 7 heteroatoms. The first-order valence-electron chi connectivity index (χ1n) is 8.34. The van der Waals surface area contributed by atoms with Gasteiger partial charge in [-0.25, -0.2) is 0 Å². The van der Waals surface area contributed by atoms with Gasteiger partial charge in [-0.3, -0.25) is 9.59 Å². The molecule has 6 nitrogen and oxygen atoms in total. The van der Waals surface area contributed by atoms with Crippen molar-refractivity contribution < 1.29 is 14.3 Å². The topological polar surface area (TPSA) is 82.4 Å². The molecule has 1 atom stereocenters. The number of benzene rings is 1. The smallest absolute Gasteiger partial charge is 0.260 e. The van der Waals surface area contributed by atoms with Crippen LogP contribution in [0.2, 0.25) is 5.02 Å². The van der Waals surface area contributed by atoms with E-state index in [-0.39, 0.29) is 18.2 Å². The quantitative estimate of drug-likeness (QED) is 0.841. The van der Waals surface area contributed by atoms with E-state index in [1.54, 1.807) is 36.1 Å². The molecule has 1 unspecified atom stereocenters. The standard InChI is InChI=1S/C18H22ClN3O3/c1-13(25-16-4-2-15(19)3-5-16)18(24)21-12-14-7-10-22(11-8-14)17(23)6-9-20/h2-5,13-14H,6-8,10-12H2,1H3,(H,21,24). The summed E-state index contributed by atoms with van der Waals surface area (Å²) < 4.78 is 5.59. The predicted molar refractivity (Wildman–Crippen MR) is 94.1 cm³/mol. The van der Waals surface area contributed by atoms with Crippen molar-refractivity contribution in [1.29, 1.82) is 5.26 Å². The number of likely N-dealkylation sites (tertiary alicyclic amines) is 1. The van der Waals surface area contributed by atoms with Gasteiger partial charge in [0.15, 0.2) is 6.10 Å². The third-order valence-electron chi connectivity index (χ3n) is 4.26. The van der Waals surface area contributed by atoms with Crippen LogP contribution in [0.15, 0.2) is 24.3 Å². The molecule has 0 spiro atoms. The van der Waals surface area contributed by atoms with Gasteiger partial charge in [-0.2, -0.15) is 5.26 Å². The number of ether oxygens (including phenoxy) is 1. The molecule has 1 saturated heterocycles. The Kier molecular flexibility index (Phi) is 7.08. The second-order valence-electron chi connectivity index (χ2n) is 6.12. The number of rotatable bonds is 6. The first-order chi connectivity index (χ1) is 12.0. The van der Waals surface area contributed by atoms with Crippen LogP contribution in [0, 0.1) is 17.2 Å². The molecule has 1 aliphatic heterocycles. The number of hydrogen-bond acceptors (Lipinski definition) is 4. The lowest BCUT2D eigenvalue weighted by molar-refractivity contribution is -0.132. The van der Waals surface area contributed by atoms with Crippen molar-refractivity contribution in [2.24, 2.45) is 5.92 Å². The molecular weight excluding hydrogens is 342 g/mol. The zero-order valence-corrected chi connectivity index (χ0v) is 15.0. The maximum absolute atomic E-state index is 12.2. The highest BCUT2D eigenvalue weighted by molar-refractivity contribution is 6.30. The highest BCUT2D eigenvalue weighted by Gasteiger charge is 2.23. The molecular formula is C18H22ClN3O3. The van der Waals surface area contributed by atoms with Crippen molar-refractivity contribution in [2.75, 3.05) is 19.6 Å². The van der Waals surface area contributed by atoms with Gasteiger partial charge in [0.05, 0.1) is 6.07 Å². The van der Waals surface area contributed by atoms with Crippen molar-refractivity contribution >= 4 is 23.4 Å². The van der Waals surface area contributed by atoms with Gasteiger partial charge < -0.3 is 15.0 Å². The van der Waals surface area contributed by atoms with E-state index in [0.29, 0.717) is 36.3 Å². The van der Waals surface area contributed by atoms with Gasteiger partial charge in [-0.15, -0.1) is 0 Å². The van der Waals surface area contributed by atoms with Crippen LogP contribution in [0.25, 0.3) is 0 Å². The van der Waals surface area contributed by atoms with Crippen LogP contribution in [-0.4, -0.2) is 42.5 Å². The fourth-order valence-electron chi connectivity index (χ4n) is 2.73. The first kappa shape index (κ1) is 19.1. The van der Waals surface area contributed by atoms with E-state index >= 15 is 0 Å². The second-order valence-corrected chi connectivity index (χ2v) is 6.55. The average Bonchev–Trinajstić information content (AvgIpc) is 2.62. The second kappa shape index (κ2) is 9.28. The third kappa shape index (κ3) is 5.95.